The molecule has 1 aliphatic heterocycles. The van der Waals surface area contributed by atoms with E-state index in [-0.39, 0.29) is 47.2 Å². The van der Waals surface area contributed by atoms with Crippen molar-refractivity contribution in [2.24, 2.45) is 10.4 Å². The highest BCUT2D eigenvalue weighted by Crippen LogP contribution is 2.47. The summed E-state index contributed by atoms with van der Waals surface area (Å²) in [4.78, 5) is 4.30. The van der Waals surface area contributed by atoms with Gasteiger partial charge in [-0.05, 0) is 43.4 Å². The van der Waals surface area contributed by atoms with Crippen LogP contribution in [0.3, 0.4) is 0 Å². The van der Waals surface area contributed by atoms with Crippen molar-refractivity contribution in [2.45, 2.75) is 31.1 Å². The van der Waals surface area contributed by atoms with Crippen LogP contribution >= 0.6 is 24.0 Å². The van der Waals surface area contributed by atoms with E-state index < -0.39 is 0 Å². The molecule has 3 rings (SSSR count). The van der Waals surface area contributed by atoms with Gasteiger partial charge in [0.2, 0.25) is 0 Å². The first-order valence-electron chi connectivity index (χ1n) is 9.01. The monoisotopic (exact) mass is 477 g/mol. The molecular weight excluding hydrogens is 448 g/mol. The lowest BCUT2D eigenvalue weighted by atomic mass is 9.84. The number of aliphatic imine (C=N–C) groups is 1. The Balaban J connectivity index is 0.00000243. The van der Waals surface area contributed by atoms with E-state index >= 15 is 0 Å². The van der Waals surface area contributed by atoms with Crippen LogP contribution in [-0.4, -0.2) is 51.0 Å². The van der Waals surface area contributed by atoms with Gasteiger partial charge in [-0.2, -0.15) is 0 Å². The van der Waals surface area contributed by atoms with Crippen LogP contribution in [0.25, 0.3) is 0 Å². The molecule has 0 spiro atoms. The Kier molecular flexibility index (Phi) is 7.66. The number of hydrogen-bond acceptors (Lipinski definition) is 3. The molecule has 7 heteroatoms. The number of guanidine groups is 1. The van der Waals surface area contributed by atoms with Crippen molar-refractivity contribution in [3.8, 4) is 0 Å². The van der Waals surface area contributed by atoms with Crippen LogP contribution in [-0.2, 0) is 10.2 Å². The van der Waals surface area contributed by atoms with Crippen molar-refractivity contribution < 1.29 is 14.2 Å². The number of nitrogens with zero attached hydrogens (tertiary/aromatic N) is 1. The number of hydrogen-bond donors (Lipinski definition) is 3. The summed E-state index contributed by atoms with van der Waals surface area (Å²) < 4.78 is 19.0. The van der Waals surface area contributed by atoms with Gasteiger partial charge in [0, 0.05) is 44.2 Å². The molecule has 1 atom stereocenters. The second-order valence-corrected chi connectivity index (χ2v) is 7.35. The van der Waals surface area contributed by atoms with Crippen molar-refractivity contribution in [1.82, 2.24) is 10.6 Å². The van der Waals surface area contributed by atoms with Gasteiger partial charge >= 0.3 is 0 Å². The minimum absolute atomic E-state index is 0. The average molecular weight is 477 g/mol. The van der Waals surface area contributed by atoms with Gasteiger partial charge in [0.15, 0.2) is 5.96 Å². The van der Waals surface area contributed by atoms with Crippen LogP contribution < -0.4 is 10.6 Å². The van der Waals surface area contributed by atoms with Gasteiger partial charge in [-0.25, -0.2) is 4.39 Å². The largest absolute Gasteiger partial charge is 0.396 e. The highest BCUT2D eigenvalue weighted by molar-refractivity contribution is 14.0. The third-order valence-corrected chi connectivity index (χ3v) is 5.57. The zero-order chi connectivity index (χ0) is 17.8. The second-order valence-electron chi connectivity index (χ2n) is 7.35. The lowest BCUT2D eigenvalue weighted by Gasteiger charge is -2.28. The molecule has 1 saturated carbocycles. The zero-order valence-electron chi connectivity index (χ0n) is 15.3. The predicted octanol–water partition coefficient (Wildman–Crippen LogP) is 2.43. The number of aliphatic hydroxyl groups excluding tert-OH is 1. The molecule has 5 nitrogen and oxygen atoms in total. The van der Waals surface area contributed by atoms with Gasteiger partial charge in [-0.3, -0.25) is 4.99 Å². The molecule has 1 saturated heterocycles. The van der Waals surface area contributed by atoms with E-state index in [2.05, 4.69) is 15.6 Å². The second kappa shape index (κ2) is 9.32. The van der Waals surface area contributed by atoms with E-state index in [1.54, 1.807) is 19.2 Å². The Labute approximate surface area is 171 Å². The minimum Gasteiger partial charge on any atom is -0.396 e. The van der Waals surface area contributed by atoms with E-state index in [1.807, 2.05) is 6.07 Å². The Morgan fingerprint density at radius 1 is 1.27 bits per heavy atom. The van der Waals surface area contributed by atoms with Crippen LogP contribution in [0.15, 0.2) is 29.3 Å². The maximum atomic E-state index is 13.5. The molecular formula is C19H29FIN3O2. The number of ether oxygens (including phenoxy) is 1. The smallest absolute Gasteiger partial charge is 0.191 e. The van der Waals surface area contributed by atoms with Gasteiger partial charge < -0.3 is 20.5 Å². The van der Waals surface area contributed by atoms with Gasteiger partial charge in [0.25, 0.3) is 0 Å². The summed E-state index contributed by atoms with van der Waals surface area (Å²) >= 11 is 0. The van der Waals surface area contributed by atoms with E-state index in [9.17, 15) is 9.50 Å². The van der Waals surface area contributed by atoms with Gasteiger partial charge in [0.1, 0.15) is 5.82 Å². The molecule has 1 heterocycles. The molecule has 0 aromatic heterocycles. The molecule has 2 aliphatic rings. The Bertz CT molecular complexity index is 617. The lowest BCUT2D eigenvalue weighted by molar-refractivity contribution is 0.127. The molecule has 2 fully saturated rings. The third kappa shape index (κ3) is 5.07. The van der Waals surface area contributed by atoms with Crippen LogP contribution in [0.4, 0.5) is 4.39 Å². The Morgan fingerprint density at radius 2 is 2.04 bits per heavy atom. The summed E-state index contributed by atoms with van der Waals surface area (Å²) in [5.41, 5.74) is 1.04. The molecule has 146 valence electrons. The molecule has 1 unspecified atom stereocenters. The maximum Gasteiger partial charge on any atom is 0.191 e. The van der Waals surface area contributed by atoms with Gasteiger partial charge in [0.05, 0.1) is 6.61 Å². The third-order valence-electron chi connectivity index (χ3n) is 5.57. The molecule has 3 N–H and O–H groups in total. The number of rotatable bonds is 7. The first-order valence-corrected chi connectivity index (χ1v) is 9.01. The molecule has 0 amide bonds. The lowest BCUT2D eigenvalue weighted by Crippen LogP contribution is -2.46. The van der Waals surface area contributed by atoms with E-state index in [1.165, 1.54) is 6.07 Å². The van der Waals surface area contributed by atoms with Gasteiger partial charge in [-0.1, -0.05) is 12.1 Å². The standard InChI is InChI=1S/C19H28FN3O2.HI/c1-21-17(22-12-18(7-9-24)8-10-25-14-18)23-13-19(5-6-19)15-3-2-4-16(20)11-15;/h2-4,11,24H,5-10,12-14H2,1H3,(H2,21,22,23);1H. The fourth-order valence-electron chi connectivity index (χ4n) is 3.59. The highest BCUT2D eigenvalue weighted by atomic mass is 127. The fourth-order valence-corrected chi connectivity index (χ4v) is 3.59. The maximum absolute atomic E-state index is 13.5. The molecule has 26 heavy (non-hydrogen) atoms. The number of nitrogens with one attached hydrogen (secondary N) is 2. The van der Waals surface area contributed by atoms with Crippen LogP contribution in [0.5, 0.6) is 0 Å². The summed E-state index contributed by atoms with van der Waals surface area (Å²) in [6.07, 6.45) is 3.79. The van der Waals surface area contributed by atoms with E-state index in [4.69, 9.17) is 4.74 Å². The fraction of sp³-hybridized carbons (Fsp3) is 0.632. The SMILES string of the molecule is CN=C(NCC1(CCO)CCOC1)NCC1(c2cccc(F)c2)CC1.I. The molecule has 0 bridgehead atoms. The highest BCUT2D eigenvalue weighted by Gasteiger charge is 2.44. The van der Waals surface area contributed by atoms with Crippen LogP contribution in [0, 0.1) is 11.2 Å². The van der Waals surface area contributed by atoms with Crippen LogP contribution in [0.2, 0.25) is 0 Å². The summed E-state index contributed by atoms with van der Waals surface area (Å²) in [6, 6.07) is 6.89. The summed E-state index contributed by atoms with van der Waals surface area (Å²) in [6.45, 7) is 3.04. The topological polar surface area (TPSA) is 65.9 Å². The number of halogens is 2. The number of aliphatic hydroxyl groups is 1. The predicted molar refractivity (Wildman–Crippen MR) is 112 cm³/mol. The summed E-state index contributed by atoms with van der Waals surface area (Å²) in [7, 11) is 1.75. The number of benzene rings is 1. The van der Waals surface area contributed by atoms with E-state index in [0.29, 0.717) is 6.61 Å². The Morgan fingerprint density at radius 3 is 2.62 bits per heavy atom. The van der Waals surface area contributed by atoms with Crippen molar-refractivity contribution in [2.75, 3.05) is 40.0 Å². The van der Waals surface area contributed by atoms with Crippen molar-refractivity contribution >= 4 is 29.9 Å². The molecule has 1 aromatic rings. The van der Waals surface area contributed by atoms with Crippen molar-refractivity contribution in [3.63, 3.8) is 0 Å². The van der Waals surface area contributed by atoms with Gasteiger partial charge in [-0.15, -0.1) is 24.0 Å². The van der Waals surface area contributed by atoms with Crippen molar-refractivity contribution in [3.05, 3.63) is 35.6 Å². The van der Waals surface area contributed by atoms with Crippen LogP contribution in [0.1, 0.15) is 31.2 Å². The zero-order valence-corrected chi connectivity index (χ0v) is 17.6. The first-order chi connectivity index (χ1) is 12.1. The normalized spacial score (nSPS) is 24.0. The first kappa shape index (κ1) is 21.4. The molecule has 1 aliphatic carbocycles. The summed E-state index contributed by atoms with van der Waals surface area (Å²) in [5.74, 6) is 0.561. The van der Waals surface area contributed by atoms with Crippen molar-refractivity contribution in [1.29, 1.82) is 0 Å². The minimum atomic E-state index is -0.182. The Hall–Kier alpha value is -0.930. The van der Waals surface area contributed by atoms with E-state index in [0.717, 1.165) is 56.9 Å². The quantitative estimate of drug-likeness (QED) is 0.321. The average Bonchev–Trinajstić information content (AvgIpc) is 3.27. The molecule has 1 aromatic carbocycles. The summed E-state index contributed by atoms with van der Waals surface area (Å²) in [5, 5.41) is 16.1. The molecule has 0 radical (unpaired) electrons.